The summed E-state index contributed by atoms with van der Waals surface area (Å²) in [5.41, 5.74) is 3.09. The van der Waals surface area contributed by atoms with Crippen LogP contribution in [0.5, 0.6) is 5.75 Å². The predicted molar refractivity (Wildman–Crippen MR) is 143 cm³/mol. The Hall–Kier alpha value is -3.26. The van der Waals surface area contributed by atoms with Crippen molar-refractivity contribution in [3.05, 3.63) is 46.5 Å². The van der Waals surface area contributed by atoms with Crippen LogP contribution in [0, 0.1) is 11.3 Å². The standard InChI is InChI=1S/C27H34ClN5O3/c1-6-36-23-13-22-21(12-18(23)24(34)29-14-16-7-8-16)32-26(33(22)5)31-20-11-17(9-10-19(20)28)15-30-25(35)27(2,3)4/h9-13,16H,6-8,14-15H2,1-5H3,(H,29,34)(H,30,35)(H,31,32). The molecule has 0 aliphatic heterocycles. The summed E-state index contributed by atoms with van der Waals surface area (Å²) in [4.78, 5) is 29.8. The van der Waals surface area contributed by atoms with E-state index >= 15 is 0 Å². The van der Waals surface area contributed by atoms with Crippen LogP contribution < -0.4 is 20.7 Å². The van der Waals surface area contributed by atoms with Gasteiger partial charge in [-0.2, -0.15) is 0 Å². The van der Waals surface area contributed by atoms with E-state index in [1.54, 1.807) is 12.1 Å². The molecule has 2 amide bonds. The third-order valence-corrected chi connectivity index (χ3v) is 6.52. The van der Waals surface area contributed by atoms with Crippen LogP contribution in [0.15, 0.2) is 30.3 Å². The van der Waals surface area contributed by atoms with Gasteiger partial charge in [0, 0.05) is 31.6 Å². The second-order valence-corrected chi connectivity index (χ2v) is 10.7. The van der Waals surface area contributed by atoms with Crippen LogP contribution in [0.3, 0.4) is 0 Å². The van der Waals surface area contributed by atoms with Gasteiger partial charge < -0.3 is 25.3 Å². The Kier molecular flexibility index (Phi) is 7.45. The Morgan fingerprint density at radius 3 is 2.58 bits per heavy atom. The number of ether oxygens (including phenoxy) is 1. The van der Waals surface area contributed by atoms with Gasteiger partial charge in [0.15, 0.2) is 0 Å². The highest BCUT2D eigenvalue weighted by molar-refractivity contribution is 6.33. The van der Waals surface area contributed by atoms with Gasteiger partial charge in [0.25, 0.3) is 5.91 Å². The molecule has 1 heterocycles. The highest BCUT2D eigenvalue weighted by Crippen LogP contribution is 2.32. The first-order valence-electron chi connectivity index (χ1n) is 12.3. The van der Waals surface area contributed by atoms with E-state index in [-0.39, 0.29) is 11.8 Å². The number of aryl methyl sites for hydroxylation is 1. The van der Waals surface area contributed by atoms with Crippen molar-refractivity contribution in [3.8, 4) is 5.75 Å². The second-order valence-electron chi connectivity index (χ2n) is 10.3. The molecule has 9 heteroatoms. The number of carbonyl (C=O) groups excluding carboxylic acids is 2. The van der Waals surface area contributed by atoms with Crippen molar-refractivity contribution in [3.63, 3.8) is 0 Å². The van der Waals surface area contributed by atoms with Crippen LogP contribution in [0.4, 0.5) is 11.6 Å². The van der Waals surface area contributed by atoms with Crippen molar-refractivity contribution in [2.45, 2.75) is 47.1 Å². The van der Waals surface area contributed by atoms with Crippen LogP contribution in [0.2, 0.25) is 5.02 Å². The second kappa shape index (κ2) is 10.4. The van der Waals surface area contributed by atoms with Crippen LogP contribution >= 0.6 is 11.6 Å². The summed E-state index contributed by atoms with van der Waals surface area (Å²) in [7, 11) is 1.89. The number of hydrogen-bond donors (Lipinski definition) is 3. The van der Waals surface area contributed by atoms with Gasteiger partial charge in [-0.25, -0.2) is 4.98 Å². The molecule has 8 nitrogen and oxygen atoms in total. The van der Waals surface area contributed by atoms with Crippen LogP contribution in [0.25, 0.3) is 11.0 Å². The Labute approximate surface area is 216 Å². The zero-order valence-corrected chi connectivity index (χ0v) is 22.3. The lowest BCUT2D eigenvalue weighted by molar-refractivity contribution is -0.128. The summed E-state index contributed by atoms with van der Waals surface area (Å²) < 4.78 is 7.70. The molecule has 0 radical (unpaired) electrons. The van der Waals surface area contributed by atoms with Crippen molar-refractivity contribution in [2.75, 3.05) is 18.5 Å². The molecule has 0 unspecified atom stereocenters. The molecule has 3 aromatic rings. The third kappa shape index (κ3) is 5.93. The maximum Gasteiger partial charge on any atom is 0.255 e. The Morgan fingerprint density at radius 1 is 1.17 bits per heavy atom. The van der Waals surface area contributed by atoms with Gasteiger partial charge in [0.2, 0.25) is 11.9 Å². The quantitative estimate of drug-likeness (QED) is 0.368. The van der Waals surface area contributed by atoms with Crippen molar-refractivity contribution >= 4 is 46.1 Å². The number of nitrogens with zero attached hydrogens (tertiary/aromatic N) is 2. The van der Waals surface area contributed by atoms with Crippen molar-refractivity contribution in [2.24, 2.45) is 18.4 Å². The van der Waals surface area contributed by atoms with Crippen molar-refractivity contribution in [1.82, 2.24) is 20.2 Å². The highest BCUT2D eigenvalue weighted by Gasteiger charge is 2.24. The summed E-state index contributed by atoms with van der Waals surface area (Å²) in [5.74, 6) is 1.51. The van der Waals surface area contributed by atoms with Crippen molar-refractivity contribution < 1.29 is 14.3 Å². The molecule has 1 aromatic heterocycles. The van der Waals surface area contributed by atoms with Crippen LogP contribution in [-0.2, 0) is 18.4 Å². The Morgan fingerprint density at radius 2 is 1.92 bits per heavy atom. The number of halogens is 1. The minimum atomic E-state index is -0.464. The maximum absolute atomic E-state index is 12.9. The maximum atomic E-state index is 12.9. The molecule has 1 fully saturated rings. The van der Waals surface area contributed by atoms with Crippen LogP contribution in [0.1, 0.15) is 56.5 Å². The zero-order valence-electron chi connectivity index (χ0n) is 21.5. The van der Waals surface area contributed by atoms with E-state index in [0.717, 1.165) is 11.1 Å². The predicted octanol–water partition coefficient (Wildman–Crippen LogP) is 5.17. The molecule has 192 valence electrons. The van der Waals surface area contributed by atoms with E-state index in [9.17, 15) is 9.59 Å². The van der Waals surface area contributed by atoms with Gasteiger partial charge in [-0.15, -0.1) is 0 Å². The minimum Gasteiger partial charge on any atom is -0.493 e. The molecule has 1 aliphatic carbocycles. The average Bonchev–Trinajstić information content (AvgIpc) is 3.61. The number of rotatable bonds is 9. The van der Waals surface area contributed by atoms with E-state index in [4.69, 9.17) is 21.3 Å². The molecular weight excluding hydrogens is 478 g/mol. The average molecular weight is 512 g/mol. The summed E-state index contributed by atoms with van der Waals surface area (Å²) in [5, 5.41) is 9.80. The van der Waals surface area contributed by atoms with Gasteiger partial charge in [-0.1, -0.05) is 38.4 Å². The molecule has 4 rings (SSSR count). The third-order valence-electron chi connectivity index (χ3n) is 6.19. The van der Waals surface area contributed by atoms with Gasteiger partial charge >= 0.3 is 0 Å². The minimum absolute atomic E-state index is 0.0237. The van der Waals surface area contributed by atoms with E-state index < -0.39 is 5.41 Å². The zero-order chi connectivity index (χ0) is 26.0. The summed E-state index contributed by atoms with van der Waals surface area (Å²) >= 11 is 6.47. The summed E-state index contributed by atoms with van der Waals surface area (Å²) in [6.45, 7) is 9.05. The van der Waals surface area contributed by atoms with E-state index in [0.29, 0.717) is 59.1 Å². The van der Waals surface area contributed by atoms with E-state index in [1.165, 1.54) is 12.8 Å². The first-order chi connectivity index (χ1) is 17.1. The van der Waals surface area contributed by atoms with Crippen LogP contribution in [-0.4, -0.2) is 34.5 Å². The lowest BCUT2D eigenvalue weighted by atomic mass is 9.95. The Balaban J connectivity index is 1.59. The molecule has 0 bridgehead atoms. The smallest absolute Gasteiger partial charge is 0.255 e. The van der Waals surface area contributed by atoms with Crippen molar-refractivity contribution in [1.29, 1.82) is 0 Å². The number of benzene rings is 2. The molecule has 0 saturated heterocycles. The van der Waals surface area contributed by atoms with Gasteiger partial charge in [0.1, 0.15) is 5.75 Å². The molecule has 0 spiro atoms. The molecule has 36 heavy (non-hydrogen) atoms. The number of imidazole rings is 1. The number of carbonyl (C=O) groups is 2. The first-order valence-corrected chi connectivity index (χ1v) is 12.7. The molecule has 1 saturated carbocycles. The number of aromatic nitrogens is 2. The molecule has 2 aromatic carbocycles. The molecule has 1 aliphatic rings. The van der Waals surface area contributed by atoms with Gasteiger partial charge in [-0.3, -0.25) is 9.59 Å². The van der Waals surface area contributed by atoms with E-state index in [2.05, 4.69) is 16.0 Å². The highest BCUT2D eigenvalue weighted by atomic mass is 35.5. The number of hydrogen-bond acceptors (Lipinski definition) is 5. The van der Waals surface area contributed by atoms with Gasteiger partial charge in [0.05, 0.1) is 33.9 Å². The SMILES string of the molecule is CCOc1cc2c(cc1C(=O)NCC1CC1)nc(Nc1cc(CNC(=O)C(C)(C)C)ccc1Cl)n2C. The Bertz CT molecular complexity index is 1290. The van der Waals surface area contributed by atoms with Gasteiger partial charge in [-0.05, 0) is 49.4 Å². The molecular formula is C27H34ClN5O3. The first kappa shape index (κ1) is 25.8. The normalized spacial score (nSPS) is 13.5. The molecule has 0 atom stereocenters. The number of nitrogens with one attached hydrogen (secondary N) is 3. The lowest BCUT2D eigenvalue weighted by Crippen LogP contribution is -2.34. The summed E-state index contributed by atoms with van der Waals surface area (Å²) in [6.07, 6.45) is 2.33. The monoisotopic (exact) mass is 511 g/mol. The lowest BCUT2D eigenvalue weighted by Gasteiger charge is -2.18. The fourth-order valence-corrected chi connectivity index (χ4v) is 3.95. The summed E-state index contributed by atoms with van der Waals surface area (Å²) in [6, 6.07) is 9.19. The molecule has 3 N–H and O–H groups in total. The largest absolute Gasteiger partial charge is 0.493 e. The number of anilines is 2. The fourth-order valence-electron chi connectivity index (χ4n) is 3.78. The topological polar surface area (TPSA) is 97.3 Å². The fraction of sp³-hybridized carbons (Fsp3) is 0.444. The number of amides is 2. The number of fused-ring (bicyclic) bond motifs is 1. The van der Waals surface area contributed by atoms with E-state index in [1.807, 2.05) is 57.5 Å².